The van der Waals surface area contributed by atoms with Crippen LogP contribution in [-0.2, 0) is 12.8 Å². The van der Waals surface area contributed by atoms with Crippen LogP contribution < -0.4 is 5.32 Å². The Balaban J connectivity index is 1.66. The minimum atomic E-state index is 0.163. The van der Waals surface area contributed by atoms with Crippen molar-refractivity contribution in [1.82, 2.24) is 5.32 Å². The molecule has 1 heterocycles. The van der Waals surface area contributed by atoms with E-state index in [2.05, 4.69) is 25.2 Å². The highest BCUT2D eigenvalue weighted by molar-refractivity contribution is 7.14. The van der Waals surface area contributed by atoms with Crippen molar-refractivity contribution in [3.63, 3.8) is 0 Å². The first-order valence-electron chi connectivity index (χ1n) is 8.08. The Hall–Kier alpha value is -0.830. The molecule has 0 aromatic carbocycles. The second-order valence-electron chi connectivity index (χ2n) is 6.66. The van der Waals surface area contributed by atoms with E-state index in [4.69, 9.17) is 0 Å². The van der Waals surface area contributed by atoms with E-state index in [1.54, 1.807) is 11.3 Å². The smallest absolute Gasteiger partial charge is 0.261 e. The van der Waals surface area contributed by atoms with E-state index in [0.717, 1.165) is 29.6 Å². The number of amides is 1. The first kappa shape index (κ1) is 14.1. The van der Waals surface area contributed by atoms with Crippen LogP contribution in [0.5, 0.6) is 0 Å². The molecule has 3 heteroatoms. The van der Waals surface area contributed by atoms with Gasteiger partial charge in [0.2, 0.25) is 0 Å². The van der Waals surface area contributed by atoms with Gasteiger partial charge in [-0.2, -0.15) is 0 Å². The summed E-state index contributed by atoms with van der Waals surface area (Å²) >= 11 is 1.73. The standard InChI is InChI=1S/C17H25NOS/c1-3-12-5-7-15-13(9-12)10-16(20-15)17(19)18-14-6-4-11(2)8-14/h10-12,14H,3-9H2,1-2H3,(H,18,19). The molecular weight excluding hydrogens is 266 g/mol. The molecule has 1 N–H and O–H groups in total. The van der Waals surface area contributed by atoms with Crippen LogP contribution in [-0.4, -0.2) is 11.9 Å². The van der Waals surface area contributed by atoms with Gasteiger partial charge < -0.3 is 5.32 Å². The fraction of sp³-hybridized carbons (Fsp3) is 0.706. The normalized spacial score (nSPS) is 29.2. The van der Waals surface area contributed by atoms with Crippen molar-refractivity contribution >= 4 is 17.2 Å². The van der Waals surface area contributed by atoms with Gasteiger partial charge in [-0.3, -0.25) is 4.79 Å². The summed E-state index contributed by atoms with van der Waals surface area (Å²) in [5.41, 5.74) is 1.44. The van der Waals surface area contributed by atoms with Crippen molar-refractivity contribution in [3.05, 3.63) is 21.4 Å². The van der Waals surface area contributed by atoms with Gasteiger partial charge in [-0.15, -0.1) is 11.3 Å². The summed E-state index contributed by atoms with van der Waals surface area (Å²) in [7, 11) is 0. The molecule has 0 saturated heterocycles. The lowest BCUT2D eigenvalue weighted by Crippen LogP contribution is -2.32. The van der Waals surface area contributed by atoms with Gasteiger partial charge in [-0.25, -0.2) is 0 Å². The second kappa shape index (κ2) is 5.88. The van der Waals surface area contributed by atoms with Gasteiger partial charge in [0.15, 0.2) is 0 Å². The Morgan fingerprint density at radius 2 is 2.25 bits per heavy atom. The second-order valence-corrected chi connectivity index (χ2v) is 7.80. The summed E-state index contributed by atoms with van der Waals surface area (Å²) in [4.78, 5) is 14.8. The predicted molar refractivity (Wildman–Crippen MR) is 84.4 cm³/mol. The Bertz CT molecular complexity index is 493. The SMILES string of the molecule is CCC1CCc2sc(C(=O)NC3CCC(C)C3)cc2C1. The molecule has 0 aliphatic heterocycles. The summed E-state index contributed by atoms with van der Waals surface area (Å²) in [6, 6.07) is 2.57. The molecular formula is C17H25NOS. The van der Waals surface area contributed by atoms with Crippen molar-refractivity contribution in [1.29, 1.82) is 0 Å². The van der Waals surface area contributed by atoms with Crippen molar-refractivity contribution in [3.8, 4) is 0 Å². The van der Waals surface area contributed by atoms with E-state index in [1.165, 1.54) is 42.5 Å². The topological polar surface area (TPSA) is 29.1 Å². The lowest BCUT2D eigenvalue weighted by Gasteiger charge is -2.19. The molecule has 2 aliphatic carbocycles. The van der Waals surface area contributed by atoms with Gasteiger partial charge >= 0.3 is 0 Å². The van der Waals surface area contributed by atoms with E-state index in [9.17, 15) is 4.79 Å². The Labute approximate surface area is 126 Å². The molecule has 110 valence electrons. The van der Waals surface area contributed by atoms with E-state index in [1.807, 2.05) is 0 Å². The minimum Gasteiger partial charge on any atom is -0.349 e. The van der Waals surface area contributed by atoms with Crippen molar-refractivity contribution in [2.45, 2.75) is 64.8 Å². The van der Waals surface area contributed by atoms with E-state index >= 15 is 0 Å². The largest absolute Gasteiger partial charge is 0.349 e. The van der Waals surface area contributed by atoms with Gasteiger partial charge in [0.05, 0.1) is 4.88 Å². The van der Waals surface area contributed by atoms with Crippen LogP contribution in [0.2, 0.25) is 0 Å². The zero-order valence-corrected chi connectivity index (χ0v) is 13.4. The number of thiophene rings is 1. The number of nitrogens with one attached hydrogen (secondary N) is 1. The average Bonchev–Trinajstić information content (AvgIpc) is 3.03. The monoisotopic (exact) mass is 291 g/mol. The Morgan fingerprint density at radius 3 is 2.95 bits per heavy atom. The highest BCUT2D eigenvalue weighted by Gasteiger charge is 2.25. The van der Waals surface area contributed by atoms with Gasteiger partial charge in [-0.05, 0) is 62.0 Å². The lowest BCUT2D eigenvalue weighted by molar-refractivity contribution is 0.0941. The third kappa shape index (κ3) is 2.93. The van der Waals surface area contributed by atoms with Crippen LogP contribution in [0.15, 0.2) is 6.07 Å². The van der Waals surface area contributed by atoms with E-state index in [0.29, 0.717) is 6.04 Å². The molecule has 1 amide bonds. The molecule has 3 rings (SSSR count). The van der Waals surface area contributed by atoms with Gasteiger partial charge in [-0.1, -0.05) is 20.3 Å². The van der Waals surface area contributed by atoms with Crippen LogP contribution in [0.4, 0.5) is 0 Å². The summed E-state index contributed by atoms with van der Waals surface area (Å²) in [6.45, 7) is 4.55. The molecule has 2 nitrogen and oxygen atoms in total. The average molecular weight is 291 g/mol. The van der Waals surface area contributed by atoms with Crippen LogP contribution in [0.25, 0.3) is 0 Å². The maximum atomic E-state index is 12.4. The minimum absolute atomic E-state index is 0.163. The maximum absolute atomic E-state index is 12.4. The Morgan fingerprint density at radius 1 is 1.40 bits per heavy atom. The maximum Gasteiger partial charge on any atom is 0.261 e. The fourth-order valence-electron chi connectivity index (χ4n) is 3.65. The zero-order chi connectivity index (χ0) is 14.1. The predicted octanol–water partition coefficient (Wildman–Crippen LogP) is 4.18. The molecule has 3 unspecified atom stereocenters. The summed E-state index contributed by atoms with van der Waals surface area (Å²) in [5, 5.41) is 3.23. The number of rotatable bonds is 3. The highest BCUT2D eigenvalue weighted by atomic mass is 32.1. The zero-order valence-electron chi connectivity index (χ0n) is 12.6. The van der Waals surface area contributed by atoms with Crippen LogP contribution >= 0.6 is 11.3 Å². The third-order valence-electron chi connectivity index (χ3n) is 5.02. The molecule has 2 aliphatic rings. The van der Waals surface area contributed by atoms with Crippen molar-refractivity contribution < 1.29 is 4.79 Å². The molecule has 1 fully saturated rings. The highest BCUT2D eigenvalue weighted by Crippen LogP contribution is 2.34. The number of carbonyl (C=O) groups excluding carboxylic acids is 1. The van der Waals surface area contributed by atoms with E-state index in [-0.39, 0.29) is 5.91 Å². The van der Waals surface area contributed by atoms with E-state index < -0.39 is 0 Å². The van der Waals surface area contributed by atoms with Gasteiger partial charge in [0, 0.05) is 10.9 Å². The number of hydrogen-bond acceptors (Lipinski definition) is 2. The summed E-state index contributed by atoms with van der Waals surface area (Å²) in [6.07, 6.45) is 8.46. The van der Waals surface area contributed by atoms with Crippen molar-refractivity contribution in [2.24, 2.45) is 11.8 Å². The molecule has 1 aromatic heterocycles. The quantitative estimate of drug-likeness (QED) is 0.889. The third-order valence-corrected chi connectivity index (χ3v) is 6.25. The first-order chi connectivity index (χ1) is 9.65. The van der Waals surface area contributed by atoms with Crippen LogP contribution in [0.1, 0.15) is 66.1 Å². The molecule has 0 bridgehead atoms. The molecule has 20 heavy (non-hydrogen) atoms. The summed E-state index contributed by atoms with van der Waals surface area (Å²) in [5.74, 6) is 1.75. The molecule has 1 aromatic rings. The number of carbonyl (C=O) groups is 1. The fourth-order valence-corrected chi connectivity index (χ4v) is 4.77. The Kier molecular flexibility index (Phi) is 4.16. The number of hydrogen-bond donors (Lipinski definition) is 1. The first-order valence-corrected chi connectivity index (χ1v) is 8.89. The molecule has 0 spiro atoms. The molecule has 0 radical (unpaired) electrons. The molecule has 1 saturated carbocycles. The van der Waals surface area contributed by atoms with Crippen LogP contribution in [0, 0.1) is 11.8 Å². The van der Waals surface area contributed by atoms with Gasteiger partial charge in [0.1, 0.15) is 0 Å². The number of aryl methyl sites for hydroxylation is 1. The number of fused-ring (bicyclic) bond motifs is 1. The van der Waals surface area contributed by atoms with Crippen molar-refractivity contribution in [2.75, 3.05) is 0 Å². The lowest BCUT2D eigenvalue weighted by atomic mass is 9.87. The van der Waals surface area contributed by atoms with Gasteiger partial charge in [0.25, 0.3) is 5.91 Å². The van der Waals surface area contributed by atoms with Crippen LogP contribution in [0.3, 0.4) is 0 Å². The molecule has 3 atom stereocenters. The summed E-state index contributed by atoms with van der Waals surface area (Å²) < 4.78 is 0.